The van der Waals surface area contributed by atoms with Crippen LogP contribution in [-0.4, -0.2) is 29.1 Å². The summed E-state index contributed by atoms with van der Waals surface area (Å²) in [5, 5.41) is 12.1. The molecule has 0 radical (unpaired) electrons. The molecule has 0 bridgehead atoms. The molecule has 2 heterocycles. The van der Waals surface area contributed by atoms with Gasteiger partial charge < -0.3 is 4.90 Å². The van der Waals surface area contributed by atoms with Crippen LogP contribution in [0.25, 0.3) is 0 Å². The van der Waals surface area contributed by atoms with Crippen molar-refractivity contribution < 1.29 is 13.2 Å². The van der Waals surface area contributed by atoms with Crippen molar-refractivity contribution in [2.45, 2.75) is 44.8 Å². The van der Waals surface area contributed by atoms with Gasteiger partial charge in [-0.15, -0.1) is 27.1 Å². The van der Waals surface area contributed by atoms with E-state index >= 15 is 0 Å². The summed E-state index contributed by atoms with van der Waals surface area (Å²) >= 11 is 1.10. The number of benzene rings is 1. The van der Waals surface area contributed by atoms with Crippen LogP contribution in [-0.2, 0) is 19.6 Å². The van der Waals surface area contributed by atoms with Gasteiger partial charge in [0.15, 0.2) is 0 Å². The van der Waals surface area contributed by atoms with E-state index in [2.05, 4.69) is 27.3 Å². The average molecular weight is 411 g/mol. The lowest BCUT2D eigenvalue weighted by Crippen LogP contribution is -2.26. The number of rotatable bonds is 4. The maximum atomic E-state index is 13.6. The first-order valence-corrected chi connectivity index (χ1v) is 10.2. The minimum Gasteiger partial charge on any atom is -0.374 e. The lowest BCUT2D eigenvalue weighted by molar-refractivity contribution is -0.139. The zero-order valence-corrected chi connectivity index (χ0v) is 17.5. The predicted octanol–water partition coefficient (Wildman–Crippen LogP) is 5.97. The second kappa shape index (κ2) is 7.77. The van der Waals surface area contributed by atoms with Crippen LogP contribution < -0.4 is 4.90 Å². The summed E-state index contributed by atoms with van der Waals surface area (Å²) in [6.45, 7) is 6.74. The Morgan fingerprint density at radius 3 is 2.57 bits per heavy atom. The Balaban J connectivity index is 2.06. The molecule has 28 heavy (non-hydrogen) atoms. The minimum atomic E-state index is -4.54. The number of hydrogen-bond acceptors (Lipinski definition) is 5. The Morgan fingerprint density at radius 1 is 1.21 bits per heavy atom. The molecular weight excluding hydrogens is 387 g/mol. The first-order valence-electron chi connectivity index (χ1n) is 9.18. The standard InChI is InChI=1S/C19H24F3N5S/c1-6-28-18-15(19(20,21)22)17(25-27(18)5)24-23-14-10-11(2)16-13(12(14)3)8-7-9-26(16)4/h10H,6-9H2,1-5H3. The molecule has 0 unspecified atom stereocenters. The summed E-state index contributed by atoms with van der Waals surface area (Å²) in [4.78, 5) is 2.22. The predicted molar refractivity (Wildman–Crippen MR) is 106 cm³/mol. The molecule has 0 fully saturated rings. The molecule has 0 N–H and O–H groups in total. The van der Waals surface area contributed by atoms with Crippen molar-refractivity contribution in [1.82, 2.24) is 9.78 Å². The lowest BCUT2D eigenvalue weighted by Gasteiger charge is -2.31. The smallest absolute Gasteiger partial charge is 0.374 e. The summed E-state index contributed by atoms with van der Waals surface area (Å²) in [5.41, 5.74) is 4.17. The molecule has 0 atom stereocenters. The Labute approximate surface area is 167 Å². The Kier molecular flexibility index (Phi) is 5.74. The van der Waals surface area contributed by atoms with Gasteiger partial charge in [-0.05, 0) is 55.2 Å². The largest absolute Gasteiger partial charge is 0.422 e. The van der Waals surface area contributed by atoms with Crippen molar-refractivity contribution in [2.24, 2.45) is 17.3 Å². The monoisotopic (exact) mass is 411 g/mol. The molecule has 1 aliphatic rings. The zero-order chi connectivity index (χ0) is 20.6. The summed E-state index contributed by atoms with van der Waals surface area (Å²) in [5.74, 6) is 0.119. The van der Waals surface area contributed by atoms with E-state index in [1.807, 2.05) is 19.9 Å². The van der Waals surface area contributed by atoms with Crippen molar-refractivity contribution in [3.05, 3.63) is 28.3 Å². The molecule has 0 aliphatic carbocycles. The number of fused-ring (bicyclic) bond motifs is 1. The van der Waals surface area contributed by atoms with E-state index in [0.29, 0.717) is 11.4 Å². The Hall–Kier alpha value is -2.03. The van der Waals surface area contributed by atoms with Crippen molar-refractivity contribution in [2.75, 3.05) is 24.2 Å². The van der Waals surface area contributed by atoms with E-state index in [9.17, 15) is 13.2 Å². The van der Waals surface area contributed by atoms with Crippen LogP contribution >= 0.6 is 11.8 Å². The molecule has 1 aromatic carbocycles. The van der Waals surface area contributed by atoms with Crippen molar-refractivity contribution in [3.63, 3.8) is 0 Å². The van der Waals surface area contributed by atoms with Gasteiger partial charge in [-0.3, -0.25) is 4.68 Å². The number of azo groups is 1. The molecular formula is C19H24F3N5S. The van der Waals surface area contributed by atoms with Crippen LogP contribution in [0.1, 0.15) is 35.6 Å². The topological polar surface area (TPSA) is 45.8 Å². The number of anilines is 1. The molecule has 3 rings (SSSR count). The second-order valence-corrected chi connectivity index (χ2v) is 8.20. The molecule has 0 spiro atoms. The Morgan fingerprint density at radius 2 is 1.93 bits per heavy atom. The van der Waals surface area contributed by atoms with Gasteiger partial charge in [0.05, 0.1) is 5.69 Å². The van der Waals surface area contributed by atoms with Crippen LogP contribution in [0.4, 0.5) is 30.4 Å². The average Bonchev–Trinajstić information content (AvgIpc) is 2.93. The molecule has 0 saturated carbocycles. The van der Waals surface area contributed by atoms with E-state index < -0.39 is 17.6 Å². The summed E-state index contributed by atoms with van der Waals surface area (Å²) in [7, 11) is 3.55. The van der Waals surface area contributed by atoms with Crippen LogP contribution in [0.3, 0.4) is 0 Å². The number of hydrogen-bond donors (Lipinski definition) is 0. The fourth-order valence-electron chi connectivity index (χ4n) is 3.71. The van der Waals surface area contributed by atoms with E-state index in [-0.39, 0.29) is 5.03 Å². The number of aromatic nitrogens is 2. The quantitative estimate of drug-likeness (QED) is 0.460. The summed E-state index contributed by atoms with van der Waals surface area (Å²) < 4.78 is 42.1. The number of thioether (sulfide) groups is 1. The van der Waals surface area contributed by atoms with Crippen molar-refractivity contribution in [1.29, 1.82) is 0 Å². The summed E-state index contributed by atoms with van der Waals surface area (Å²) in [6.07, 6.45) is -2.56. The van der Waals surface area contributed by atoms with Crippen LogP contribution in [0.15, 0.2) is 21.3 Å². The molecule has 5 nitrogen and oxygen atoms in total. The van der Waals surface area contributed by atoms with E-state index in [1.54, 1.807) is 6.92 Å². The van der Waals surface area contributed by atoms with Gasteiger partial charge in [-0.2, -0.15) is 13.2 Å². The second-order valence-electron chi connectivity index (χ2n) is 6.95. The third kappa shape index (κ3) is 3.76. The molecule has 152 valence electrons. The molecule has 0 amide bonds. The van der Waals surface area contributed by atoms with Crippen LogP contribution in [0.2, 0.25) is 0 Å². The SMILES string of the molecule is CCSc1c(C(F)(F)F)c(N=Nc2cc(C)c3c(c2C)CCCN3C)nn1C. The number of alkyl halides is 3. The molecule has 9 heteroatoms. The molecule has 0 saturated heterocycles. The van der Waals surface area contributed by atoms with E-state index in [1.165, 1.54) is 23.0 Å². The fraction of sp³-hybridized carbons (Fsp3) is 0.526. The lowest BCUT2D eigenvalue weighted by atomic mass is 9.93. The minimum absolute atomic E-state index is 0.0592. The highest BCUT2D eigenvalue weighted by atomic mass is 32.2. The first-order chi connectivity index (χ1) is 13.1. The molecule has 2 aromatic rings. The van der Waals surface area contributed by atoms with Gasteiger partial charge in [0.1, 0.15) is 10.6 Å². The third-order valence-electron chi connectivity index (χ3n) is 4.94. The summed E-state index contributed by atoms with van der Waals surface area (Å²) in [6, 6.07) is 1.89. The van der Waals surface area contributed by atoms with Gasteiger partial charge in [-0.1, -0.05) is 6.92 Å². The zero-order valence-electron chi connectivity index (χ0n) is 16.7. The highest BCUT2D eigenvalue weighted by Gasteiger charge is 2.40. The van der Waals surface area contributed by atoms with Gasteiger partial charge in [0, 0.05) is 26.3 Å². The highest BCUT2D eigenvalue weighted by Crippen LogP contribution is 2.43. The van der Waals surface area contributed by atoms with E-state index in [0.717, 1.165) is 42.3 Å². The fourth-order valence-corrected chi connectivity index (χ4v) is 4.57. The van der Waals surface area contributed by atoms with E-state index in [4.69, 9.17) is 0 Å². The van der Waals surface area contributed by atoms with Gasteiger partial charge in [-0.25, -0.2) is 0 Å². The van der Waals surface area contributed by atoms with Crippen LogP contribution in [0, 0.1) is 13.8 Å². The Bertz CT molecular complexity index is 918. The number of aryl methyl sites for hydroxylation is 2. The maximum absolute atomic E-state index is 13.6. The van der Waals surface area contributed by atoms with Gasteiger partial charge in [0.2, 0.25) is 5.82 Å². The number of nitrogens with zero attached hydrogens (tertiary/aromatic N) is 5. The van der Waals surface area contributed by atoms with Gasteiger partial charge in [0.25, 0.3) is 0 Å². The van der Waals surface area contributed by atoms with Crippen molar-refractivity contribution in [3.8, 4) is 0 Å². The molecule has 1 aromatic heterocycles. The highest BCUT2D eigenvalue weighted by molar-refractivity contribution is 7.99. The van der Waals surface area contributed by atoms with Crippen LogP contribution in [0.5, 0.6) is 0 Å². The molecule has 1 aliphatic heterocycles. The third-order valence-corrected chi connectivity index (χ3v) is 5.98. The maximum Gasteiger partial charge on any atom is 0.422 e. The first kappa shape index (κ1) is 20.7. The van der Waals surface area contributed by atoms with Crippen molar-refractivity contribution >= 4 is 29.0 Å². The number of halogens is 3. The normalized spacial score (nSPS) is 14.8. The van der Waals surface area contributed by atoms with Gasteiger partial charge >= 0.3 is 6.18 Å².